The first-order valence-electron chi connectivity index (χ1n) is 3.04. The van der Waals surface area contributed by atoms with Crippen molar-refractivity contribution in [1.29, 1.82) is 0 Å². The normalized spacial score (nSPS) is 9.40. The molecule has 1 amide bonds. The molecule has 0 aromatic rings. The molecule has 0 saturated carbocycles. The van der Waals surface area contributed by atoms with Crippen LogP contribution in [0.4, 0.5) is 0 Å². The van der Waals surface area contributed by atoms with Gasteiger partial charge in [0.25, 0.3) is 0 Å². The van der Waals surface area contributed by atoms with Crippen molar-refractivity contribution >= 4 is 5.91 Å². The molecular weight excluding hydrogens is 134 g/mol. The van der Waals surface area contributed by atoms with E-state index in [0.29, 0.717) is 19.7 Å². The Labute approximate surface area is 59.9 Å². The van der Waals surface area contributed by atoms with E-state index < -0.39 is 0 Å². The monoisotopic (exact) mass is 147 g/mol. The van der Waals surface area contributed by atoms with Crippen molar-refractivity contribution < 1.29 is 9.63 Å². The molecule has 0 saturated heterocycles. The number of likely N-dealkylation sites (N-methyl/N-ethyl adjacent to an activating group) is 1. The fourth-order valence-electron chi connectivity index (χ4n) is 0.472. The fraction of sp³-hybridized carbons (Fsp3) is 0.800. The molecular formula is C5H13N3O2. The van der Waals surface area contributed by atoms with Crippen LogP contribution in [-0.2, 0) is 9.63 Å². The van der Waals surface area contributed by atoms with Crippen molar-refractivity contribution in [2.75, 3.05) is 26.7 Å². The zero-order valence-electron chi connectivity index (χ0n) is 6.02. The van der Waals surface area contributed by atoms with Crippen molar-refractivity contribution in [3.63, 3.8) is 0 Å². The lowest BCUT2D eigenvalue weighted by Gasteiger charge is -2.01. The molecule has 0 aliphatic rings. The number of carbonyl (C=O) groups excluding carboxylic acids is 1. The molecule has 0 unspecified atom stereocenters. The second kappa shape index (κ2) is 6.47. The molecule has 0 aromatic heterocycles. The number of nitrogens with two attached hydrogens (primary N) is 1. The summed E-state index contributed by atoms with van der Waals surface area (Å²) in [5.41, 5.74) is 0. The van der Waals surface area contributed by atoms with Gasteiger partial charge in [0.2, 0.25) is 5.91 Å². The van der Waals surface area contributed by atoms with Crippen LogP contribution in [0, 0.1) is 0 Å². The zero-order chi connectivity index (χ0) is 7.82. The summed E-state index contributed by atoms with van der Waals surface area (Å²) in [5, 5.41) is 5.29. The van der Waals surface area contributed by atoms with Gasteiger partial charge in [-0.05, 0) is 7.05 Å². The predicted octanol–water partition coefficient (Wildman–Crippen LogP) is -1.79. The van der Waals surface area contributed by atoms with Crippen LogP contribution in [0.3, 0.4) is 0 Å². The van der Waals surface area contributed by atoms with Crippen molar-refractivity contribution in [2.45, 2.75) is 0 Å². The van der Waals surface area contributed by atoms with Crippen LogP contribution >= 0.6 is 0 Å². The molecule has 60 valence electrons. The van der Waals surface area contributed by atoms with Crippen LogP contribution < -0.4 is 16.5 Å². The van der Waals surface area contributed by atoms with E-state index in [1.807, 2.05) is 0 Å². The molecule has 0 heterocycles. The summed E-state index contributed by atoms with van der Waals surface area (Å²) in [5.74, 6) is 4.67. The quantitative estimate of drug-likeness (QED) is 0.317. The molecule has 0 aliphatic carbocycles. The molecule has 10 heavy (non-hydrogen) atoms. The highest BCUT2D eigenvalue weighted by atomic mass is 16.6. The third-order valence-corrected chi connectivity index (χ3v) is 0.879. The minimum atomic E-state index is -0.0560. The van der Waals surface area contributed by atoms with Crippen molar-refractivity contribution in [3.05, 3.63) is 0 Å². The molecule has 0 radical (unpaired) electrons. The summed E-state index contributed by atoms with van der Waals surface area (Å²) in [6.07, 6.45) is 0. The van der Waals surface area contributed by atoms with Gasteiger partial charge in [0.05, 0.1) is 13.2 Å². The summed E-state index contributed by atoms with van der Waals surface area (Å²) in [4.78, 5) is 14.9. The fourth-order valence-corrected chi connectivity index (χ4v) is 0.472. The molecule has 0 atom stereocenters. The first-order chi connectivity index (χ1) is 4.81. The number of carbonyl (C=O) groups is 1. The van der Waals surface area contributed by atoms with Gasteiger partial charge >= 0.3 is 0 Å². The van der Waals surface area contributed by atoms with Crippen LogP contribution in [-0.4, -0.2) is 32.7 Å². The lowest BCUT2D eigenvalue weighted by Crippen LogP contribution is -2.34. The number of hydrogen-bond donors (Lipinski definition) is 3. The first-order valence-corrected chi connectivity index (χ1v) is 3.04. The number of nitrogens with one attached hydrogen (secondary N) is 2. The van der Waals surface area contributed by atoms with Crippen LogP contribution in [0.2, 0.25) is 0 Å². The minimum absolute atomic E-state index is 0.0560. The second-order valence-corrected chi connectivity index (χ2v) is 1.75. The van der Waals surface area contributed by atoms with Gasteiger partial charge < -0.3 is 15.5 Å². The minimum Gasteiger partial charge on any atom is -0.353 e. The van der Waals surface area contributed by atoms with E-state index in [4.69, 9.17) is 5.90 Å². The summed E-state index contributed by atoms with van der Waals surface area (Å²) in [6, 6.07) is 0. The Hall–Kier alpha value is -0.650. The lowest BCUT2D eigenvalue weighted by atomic mass is 10.5. The van der Waals surface area contributed by atoms with E-state index in [1.54, 1.807) is 7.05 Å². The van der Waals surface area contributed by atoms with Gasteiger partial charge in [0, 0.05) is 6.54 Å². The van der Waals surface area contributed by atoms with Crippen LogP contribution in [0.15, 0.2) is 0 Å². The van der Waals surface area contributed by atoms with E-state index >= 15 is 0 Å². The molecule has 5 nitrogen and oxygen atoms in total. The van der Waals surface area contributed by atoms with Crippen molar-refractivity contribution in [1.82, 2.24) is 10.6 Å². The van der Waals surface area contributed by atoms with E-state index in [2.05, 4.69) is 15.5 Å². The van der Waals surface area contributed by atoms with E-state index in [1.165, 1.54) is 0 Å². The summed E-state index contributed by atoms with van der Waals surface area (Å²) < 4.78 is 0. The maximum atomic E-state index is 10.6. The van der Waals surface area contributed by atoms with Gasteiger partial charge in [-0.1, -0.05) is 0 Å². The van der Waals surface area contributed by atoms with Gasteiger partial charge in [-0.3, -0.25) is 4.79 Å². The smallest absolute Gasteiger partial charge is 0.234 e. The highest BCUT2D eigenvalue weighted by molar-refractivity contribution is 5.77. The zero-order valence-corrected chi connectivity index (χ0v) is 6.02. The third-order valence-electron chi connectivity index (χ3n) is 0.879. The summed E-state index contributed by atoms with van der Waals surface area (Å²) in [7, 11) is 1.71. The first kappa shape index (κ1) is 9.35. The summed E-state index contributed by atoms with van der Waals surface area (Å²) >= 11 is 0. The molecule has 0 fully saturated rings. The Kier molecular flexibility index (Phi) is 6.05. The van der Waals surface area contributed by atoms with Gasteiger partial charge in [-0.15, -0.1) is 0 Å². The van der Waals surface area contributed by atoms with Gasteiger partial charge in [0.15, 0.2) is 0 Å². The maximum absolute atomic E-state index is 10.6. The van der Waals surface area contributed by atoms with Crippen LogP contribution in [0.1, 0.15) is 0 Å². The Balaban J connectivity index is 3.05. The average molecular weight is 147 g/mol. The molecule has 0 spiro atoms. The highest BCUT2D eigenvalue weighted by Gasteiger charge is 1.95. The van der Waals surface area contributed by atoms with Gasteiger partial charge in [-0.2, -0.15) is 0 Å². The lowest BCUT2D eigenvalue weighted by molar-refractivity contribution is -0.120. The number of hydrogen-bond acceptors (Lipinski definition) is 4. The van der Waals surface area contributed by atoms with Gasteiger partial charge in [0.1, 0.15) is 0 Å². The molecule has 0 rings (SSSR count). The molecule has 0 aromatic carbocycles. The van der Waals surface area contributed by atoms with E-state index in [0.717, 1.165) is 0 Å². The van der Waals surface area contributed by atoms with Crippen molar-refractivity contribution in [2.24, 2.45) is 5.90 Å². The standard InChI is InChI=1S/C5H13N3O2/c1-7-4-5(9)8-2-3-10-6/h7H,2-4,6H2,1H3,(H,8,9). The van der Waals surface area contributed by atoms with Crippen LogP contribution in [0.25, 0.3) is 0 Å². The Morgan fingerprint density at radius 2 is 2.40 bits per heavy atom. The summed E-state index contributed by atoms with van der Waals surface area (Å²) in [6.45, 7) is 1.12. The van der Waals surface area contributed by atoms with Crippen LogP contribution in [0.5, 0.6) is 0 Å². The molecule has 0 aliphatic heterocycles. The number of amides is 1. The Bertz CT molecular complexity index is 96.9. The topological polar surface area (TPSA) is 76.4 Å². The SMILES string of the molecule is CNCC(=O)NCCON. The Morgan fingerprint density at radius 1 is 1.70 bits per heavy atom. The Morgan fingerprint density at radius 3 is 2.90 bits per heavy atom. The highest BCUT2D eigenvalue weighted by Crippen LogP contribution is 1.63. The third kappa shape index (κ3) is 5.49. The van der Waals surface area contributed by atoms with Gasteiger partial charge in [-0.25, -0.2) is 5.90 Å². The van der Waals surface area contributed by atoms with E-state index in [9.17, 15) is 4.79 Å². The molecule has 0 bridgehead atoms. The van der Waals surface area contributed by atoms with E-state index in [-0.39, 0.29) is 5.91 Å². The predicted molar refractivity (Wildman–Crippen MR) is 37.1 cm³/mol. The largest absolute Gasteiger partial charge is 0.353 e. The number of rotatable bonds is 5. The van der Waals surface area contributed by atoms with Crippen molar-refractivity contribution in [3.8, 4) is 0 Å². The second-order valence-electron chi connectivity index (χ2n) is 1.75. The average Bonchev–Trinajstić information content (AvgIpc) is 1.89. The maximum Gasteiger partial charge on any atom is 0.234 e. The molecule has 5 heteroatoms. The molecule has 4 N–H and O–H groups in total.